The van der Waals surface area contributed by atoms with E-state index in [9.17, 15) is 28.8 Å². The Morgan fingerprint density at radius 1 is 0.755 bits per heavy atom. The van der Waals surface area contributed by atoms with E-state index in [1.165, 1.54) is 0 Å². The van der Waals surface area contributed by atoms with Crippen molar-refractivity contribution in [3.63, 3.8) is 0 Å². The van der Waals surface area contributed by atoms with Gasteiger partial charge in [0.2, 0.25) is 23.5 Å². The normalized spacial score (nSPS) is 15.5. The predicted octanol–water partition coefficient (Wildman–Crippen LogP) is 2.71. The molecule has 1 heterocycles. The van der Waals surface area contributed by atoms with E-state index in [-0.39, 0.29) is 38.3 Å². The lowest BCUT2D eigenvalue weighted by molar-refractivity contribution is -0.141. The molecule has 12 heteroatoms. The number of carbonyl (C=O) groups excluding carboxylic acids is 6. The van der Waals surface area contributed by atoms with Crippen LogP contribution >= 0.6 is 0 Å². The summed E-state index contributed by atoms with van der Waals surface area (Å²) in [5, 5.41) is 13.3. The van der Waals surface area contributed by atoms with Crippen molar-refractivity contribution in [2.75, 3.05) is 6.54 Å². The average Bonchev–Trinajstić information content (AvgIpc) is 3.53. The number of ether oxygens (including phenoxy) is 1. The Labute approximate surface area is 285 Å². The lowest BCUT2D eigenvalue weighted by Crippen LogP contribution is -2.57. The molecule has 4 rings (SSSR count). The van der Waals surface area contributed by atoms with Gasteiger partial charge in [-0.15, -0.1) is 0 Å². The van der Waals surface area contributed by atoms with Gasteiger partial charge in [0, 0.05) is 25.4 Å². The van der Waals surface area contributed by atoms with Gasteiger partial charge >= 0.3 is 6.09 Å². The summed E-state index contributed by atoms with van der Waals surface area (Å²) >= 11 is 0. The second kappa shape index (κ2) is 18.7. The molecule has 0 aliphatic carbocycles. The molecule has 49 heavy (non-hydrogen) atoms. The van der Waals surface area contributed by atoms with Crippen LogP contribution in [0.3, 0.4) is 0 Å². The third kappa shape index (κ3) is 11.6. The first kappa shape index (κ1) is 36.3. The molecule has 1 saturated heterocycles. The van der Waals surface area contributed by atoms with Crippen molar-refractivity contribution in [1.29, 1.82) is 0 Å². The van der Waals surface area contributed by atoms with Gasteiger partial charge in [0.1, 0.15) is 18.7 Å². The molecule has 5 N–H and O–H groups in total. The molecule has 1 aliphatic rings. The van der Waals surface area contributed by atoms with E-state index in [1.54, 1.807) is 36.4 Å². The number of alkyl carbamates (subject to hydrolysis) is 1. The molecular weight excluding hydrogens is 626 g/mol. The van der Waals surface area contributed by atoms with Gasteiger partial charge in [0.15, 0.2) is 0 Å². The van der Waals surface area contributed by atoms with Crippen LogP contribution in [0.25, 0.3) is 0 Å². The Balaban J connectivity index is 1.45. The van der Waals surface area contributed by atoms with E-state index < -0.39 is 53.6 Å². The summed E-state index contributed by atoms with van der Waals surface area (Å²) in [5.74, 6) is -3.94. The first-order valence-corrected chi connectivity index (χ1v) is 16.5. The van der Waals surface area contributed by atoms with Gasteiger partial charge in [-0.05, 0) is 36.0 Å². The third-order valence-corrected chi connectivity index (χ3v) is 8.15. The number of carbonyl (C=O) groups is 6. The summed E-state index contributed by atoms with van der Waals surface area (Å²) in [6, 6.07) is 23.7. The number of hydrogen-bond donors (Lipinski definition) is 5. The molecule has 4 atom stereocenters. The molecule has 258 valence electrons. The monoisotopic (exact) mass is 669 g/mol. The molecule has 0 aromatic heterocycles. The maximum absolute atomic E-state index is 13.7. The second-order valence-electron chi connectivity index (χ2n) is 11.9. The molecule has 0 bridgehead atoms. The van der Waals surface area contributed by atoms with E-state index in [0.717, 1.165) is 16.7 Å². The number of hydrogen-bond acceptors (Lipinski definition) is 7. The van der Waals surface area contributed by atoms with E-state index in [2.05, 4.69) is 26.6 Å². The molecule has 12 nitrogen and oxygen atoms in total. The van der Waals surface area contributed by atoms with E-state index >= 15 is 0 Å². The Bertz CT molecular complexity index is 1570. The van der Waals surface area contributed by atoms with Gasteiger partial charge in [-0.25, -0.2) is 4.79 Å². The van der Waals surface area contributed by atoms with Gasteiger partial charge in [0.05, 0.1) is 6.04 Å². The van der Waals surface area contributed by atoms with Crippen molar-refractivity contribution in [1.82, 2.24) is 26.6 Å². The zero-order valence-corrected chi connectivity index (χ0v) is 27.5. The van der Waals surface area contributed by atoms with Crippen LogP contribution in [0, 0.1) is 5.92 Å². The van der Waals surface area contributed by atoms with Gasteiger partial charge < -0.3 is 31.3 Å². The quantitative estimate of drug-likeness (QED) is 0.138. The summed E-state index contributed by atoms with van der Waals surface area (Å²) < 4.78 is 5.35. The van der Waals surface area contributed by atoms with Crippen molar-refractivity contribution in [2.45, 2.75) is 70.3 Å². The Morgan fingerprint density at radius 3 is 1.92 bits per heavy atom. The minimum Gasteiger partial charge on any atom is -0.445 e. The van der Waals surface area contributed by atoms with Crippen molar-refractivity contribution >= 4 is 35.5 Å². The highest BCUT2D eigenvalue weighted by molar-refractivity contribution is 6.38. The van der Waals surface area contributed by atoms with Crippen LogP contribution in [-0.2, 0) is 48.3 Å². The Kier molecular flexibility index (Phi) is 13.9. The average molecular weight is 670 g/mol. The van der Waals surface area contributed by atoms with Crippen molar-refractivity contribution in [2.24, 2.45) is 5.92 Å². The van der Waals surface area contributed by atoms with Crippen LogP contribution in [0.4, 0.5) is 4.79 Å². The van der Waals surface area contributed by atoms with E-state index in [4.69, 9.17) is 4.74 Å². The van der Waals surface area contributed by atoms with Gasteiger partial charge in [-0.1, -0.05) is 104 Å². The first-order chi connectivity index (χ1) is 23.7. The maximum Gasteiger partial charge on any atom is 0.408 e. The second-order valence-corrected chi connectivity index (χ2v) is 11.9. The number of benzene rings is 3. The zero-order chi connectivity index (χ0) is 35.0. The van der Waals surface area contributed by atoms with Crippen LogP contribution in [0.1, 0.15) is 49.3 Å². The predicted molar refractivity (Wildman–Crippen MR) is 181 cm³/mol. The lowest BCUT2D eigenvalue weighted by atomic mass is 9.95. The van der Waals surface area contributed by atoms with Crippen molar-refractivity contribution in [3.05, 3.63) is 108 Å². The van der Waals surface area contributed by atoms with Crippen molar-refractivity contribution in [3.8, 4) is 0 Å². The van der Waals surface area contributed by atoms with Crippen LogP contribution in [0.15, 0.2) is 91.0 Å². The number of nitrogens with one attached hydrogen (secondary N) is 5. The molecule has 0 unspecified atom stereocenters. The Morgan fingerprint density at radius 2 is 1.33 bits per heavy atom. The van der Waals surface area contributed by atoms with E-state index in [1.807, 2.05) is 61.5 Å². The molecule has 1 aliphatic heterocycles. The van der Waals surface area contributed by atoms with Gasteiger partial charge in [-0.3, -0.25) is 24.0 Å². The first-order valence-electron chi connectivity index (χ1n) is 16.5. The van der Waals surface area contributed by atoms with Crippen LogP contribution in [-0.4, -0.2) is 60.2 Å². The summed E-state index contributed by atoms with van der Waals surface area (Å²) in [7, 11) is 0. The number of Topliss-reactive ketones (excluding diaryl/α,β-unsaturated/α-hetero) is 1. The number of amides is 5. The number of rotatable bonds is 17. The van der Waals surface area contributed by atoms with Crippen LogP contribution in [0.2, 0.25) is 0 Å². The summed E-state index contributed by atoms with van der Waals surface area (Å²) in [6.07, 6.45) is 0.389. The molecule has 1 fully saturated rings. The molecule has 5 amide bonds. The highest BCUT2D eigenvalue weighted by Crippen LogP contribution is 2.17. The minimum atomic E-state index is -1.31. The molecule has 3 aromatic carbocycles. The summed E-state index contributed by atoms with van der Waals surface area (Å²) in [4.78, 5) is 78.9. The van der Waals surface area contributed by atoms with Gasteiger partial charge in [0.25, 0.3) is 5.91 Å². The minimum absolute atomic E-state index is 0.000570. The maximum atomic E-state index is 13.7. The SMILES string of the molecule is CCC[C@H](NC(=O)[C@@H](Cc1ccccc1)NC(=O)OCc1ccccc1)C(=O)N[C@@H](C[C@@H]1CCNC1=O)C(=O)C(=O)NCc1ccccc1. The fraction of sp³-hybridized carbons (Fsp3) is 0.351. The largest absolute Gasteiger partial charge is 0.445 e. The molecular formula is C37H43N5O7. The summed E-state index contributed by atoms with van der Waals surface area (Å²) in [5.41, 5.74) is 2.33. The zero-order valence-electron chi connectivity index (χ0n) is 27.5. The standard InChI is InChI=1S/C37H43N5O7/c1-2-12-29(40-35(46)31(21-25-13-6-3-7-14-25)42-37(48)49-24-27-17-10-5-11-18-27)34(45)41-30(22-28-19-20-38-33(28)44)32(43)36(47)39-23-26-15-8-4-9-16-26/h3-11,13-18,28-31H,2,12,19-24H2,1H3,(H,38,44)(H,39,47)(H,40,46)(H,41,45)(H,42,48)/t28-,29-,30-,31+/m0/s1. The fourth-order valence-corrected chi connectivity index (χ4v) is 5.48. The van der Waals surface area contributed by atoms with Gasteiger partial charge in [-0.2, -0.15) is 0 Å². The molecule has 0 radical (unpaired) electrons. The van der Waals surface area contributed by atoms with Crippen molar-refractivity contribution < 1.29 is 33.5 Å². The highest BCUT2D eigenvalue weighted by Gasteiger charge is 2.36. The summed E-state index contributed by atoms with van der Waals surface area (Å²) in [6.45, 7) is 2.36. The van der Waals surface area contributed by atoms with Crippen LogP contribution in [0.5, 0.6) is 0 Å². The number of ketones is 1. The molecule has 3 aromatic rings. The lowest BCUT2D eigenvalue weighted by Gasteiger charge is -2.25. The molecule has 0 saturated carbocycles. The Hall–Kier alpha value is -5.52. The fourth-order valence-electron chi connectivity index (χ4n) is 5.48. The van der Waals surface area contributed by atoms with E-state index in [0.29, 0.717) is 19.4 Å². The smallest absolute Gasteiger partial charge is 0.408 e. The third-order valence-electron chi connectivity index (χ3n) is 8.15. The van der Waals surface area contributed by atoms with Crippen LogP contribution < -0.4 is 26.6 Å². The molecule has 0 spiro atoms. The highest BCUT2D eigenvalue weighted by atomic mass is 16.5. The topological polar surface area (TPSA) is 172 Å².